The summed E-state index contributed by atoms with van der Waals surface area (Å²) in [6, 6.07) is 4.24. The van der Waals surface area contributed by atoms with Gasteiger partial charge in [-0.25, -0.2) is 0 Å². The zero-order valence-electron chi connectivity index (χ0n) is 14.6. The van der Waals surface area contributed by atoms with Crippen LogP contribution in [-0.4, -0.2) is 41.5 Å². The molecule has 1 saturated heterocycles. The molecule has 0 aromatic heterocycles. The van der Waals surface area contributed by atoms with Crippen molar-refractivity contribution < 1.29 is 9.59 Å². The van der Waals surface area contributed by atoms with Crippen molar-refractivity contribution in [1.82, 2.24) is 10.2 Å². The van der Waals surface area contributed by atoms with Crippen molar-refractivity contribution in [3.8, 4) is 0 Å². The zero-order chi connectivity index (χ0) is 18.3. The van der Waals surface area contributed by atoms with Crippen LogP contribution in [0, 0.1) is 0 Å². The quantitative estimate of drug-likeness (QED) is 0.385. The normalized spacial score (nSPS) is 20.9. The molecule has 3 heterocycles. The van der Waals surface area contributed by atoms with E-state index in [1.165, 1.54) is 21.7 Å². The highest BCUT2D eigenvalue weighted by Gasteiger charge is 2.33. The minimum atomic E-state index is -0.437. The molecule has 1 fully saturated rings. The number of nitrogens with zero attached hydrogens (tertiary/aromatic N) is 2. The molecule has 3 aliphatic heterocycles. The lowest BCUT2D eigenvalue weighted by Gasteiger charge is -2.37. The van der Waals surface area contributed by atoms with Gasteiger partial charge in [0.2, 0.25) is 0 Å². The molecule has 6 heteroatoms. The molecule has 2 amide bonds. The minimum absolute atomic E-state index is 0.121. The smallest absolute Gasteiger partial charge is 0.265 e. The third-order valence-electron chi connectivity index (χ3n) is 5.16. The number of carbonyl (C=O) groups is 2. The van der Waals surface area contributed by atoms with Gasteiger partial charge in [0.05, 0.1) is 0 Å². The molecule has 0 saturated carbocycles. The molecule has 0 radical (unpaired) electrons. The summed E-state index contributed by atoms with van der Waals surface area (Å²) >= 11 is 5.10. The molecule has 0 atom stereocenters. The number of anilines is 1. The zero-order valence-corrected chi connectivity index (χ0v) is 15.4. The first-order chi connectivity index (χ1) is 12.6. The van der Waals surface area contributed by atoms with Crippen LogP contribution in [0.3, 0.4) is 0 Å². The van der Waals surface area contributed by atoms with Gasteiger partial charge in [-0.05, 0) is 72.8 Å². The first kappa shape index (κ1) is 17.0. The number of aryl methyl sites for hydroxylation is 2. The molecule has 4 rings (SSSR count). The van der Waals surface area contributed by atoms with Gasteiger partial charge >= 0.3 is 0 Å². The third-order valence-corrected chi connectivity index (χ3v) is 5.49. The van der Waals surface area contributed by atoms with Crippen molar-refractivity contribution in [1.29, 1.82) is 0 Å². The summed E-state index contributed by atoms with van der Waals surface area (Å²) in [5.74, 6) is -0.806. The number of nitrogens with one attached hydrogen (secondary N) is 1. The van der Waals surface area contributed by atoms with Gasteiger partial charge in [-0.1, -0.05) is 6.08 Å². The second-order valence-electron chi connectivity index (χ2n) is 6.90. The van der Waals surface area contributed by atoms with Crippen LogP contribution < -0.4 is 10.2 Å². The number of amides is 2. The molecule has 1 aromatic rings. The highest BCUT2D eigenvalue weighted by molar-refractivity contribution is 7.80. The lowest BCUT2D eigenvalue weighted by Crippen LogP contribution is -2.53. The van der Waals surface area contributed by atoms with E-state index in [1.807, 2.05) is 0 Å². The van der Waals surface area contributed by atoms with E-state index in [0.717, 1.165) is 44.3 Å². The molecule has 1 N–H and O–H groups in total. The predicted octanol–water partition coefficient (Wildman–Crippen LogP) is 2.20. The lowest BCUT2D eigenvalue weighted by molar-refractivity contribution is -0.128. The van der Waals surface area contributed by atoms with Crippen LogP contribution in [0.5, 0.6) is 0 Å². The summed E-state index contributed by atoms with van der Waals surface area (Å²) < 4.78 is 0. The van der Waals surface area contributed by atoms with Gasteiger partial charge in [0.25, 0.3) is 11.8 Å². The number of hydrogen-bond acceptors (Lipinski definition) is 4. The third kappa shape index (κ3) is 2.84. The average Bonchev–Trinajstić information content (AvgIpc) is 2.63. The van der Waals surface area contributed by atoms with Crippen molar-refractivity contribution in [2.75, 3.05) is 24.5 Å². The molecule has 0 bridgehead atoms. The maximum Gasteiger partial charge on any atom is 0.265 e. The summed E-state index contributed by atoms with van der Waals surface area (Å²) in [6.07, 6.45) is 7.67. The molecule has 5 nitrogen and oxygen atoms in total. The number of hydrogen-bond donors (Lipinski definition) is 1. The van der Waals surface area contributed by atoms with E-state index in [-0.39, 0.29) is 23.1 Å². The molecular formula is C20H21N3O2S. The topological polar surface area (TPSA) is 52.7 Å². The average molecular weight is 367 g/mol. The van der Waals surface area contributed by atoms with Crippen LogP contribution in [0.4, 0.5) is 5.69 Å². The van der Waals surface area contributed by atoms with Crippen LogP contribution in [-0.2, 0) is 22.4 Å². The monoisotopic (exact) mass is 367 g/mol. The van der Waals surface area contributed by atoms with Crippen molar-refractivity contribution in [2.45, 2.75) is 25.7 Å². The largest absolute Gasteiger partial charge is 0.371 e. The van der Waals surface area contributed by atoms with Crippen LogP contribution in [0.25, 0.3) is 6.08 Å². The van der Waals surface area contributed by atoms with Crippen molar-refractivity contribution in [3.63, 3.8) is 0 Å². The second kappa shape index (κ2) is 6.68. The van der Waals surface area contributed by atoms with Crippen molar-refractivity contribution in [2.24, 2.45) is 0 Å². The standard InChI is InChI=1S/C20H21N3O2S/c1-2-7-23-19(25)16(18(24)21-20(23)26)12-13-10-14-5-3-8-22-9-4-6-15(11-13)17(14)22/h2,10-12H,1,3-9H2,(H,21,24,26). The number of thiocarbonyl (C=S) groups is 1. The van der Waals surface area contributed by atoms with Crippen molar-refractivity contribution >= 4 is 40.9 Å². The van der Waals surface area contributed by atoms with E-state index in [0.29, 0.717) is 0 Å². The molecule has 0 spiro atoms. The molecule has 26 heavy (non-hydrogen) atoms. The van der Waals surface area contributed by atoms with Gasteiger partial charge in [-0.15, -0.1) is 6.58 Å². The van der Waals surface area contributed by atoms with Gasteiger partial charge in [-0.3, -0.25) is 19.8 Å². The first-order valence-electron chi connectivity index (χ1n) is 8.99. The van der Waals surface area contributed by atoms with Gasteiger partial charge in [0, 0.05) is 25.3 Å². The van der Waals surface area contributed by atoms with E-state index in [4.69, 9.17) is 12.2 Å². The Labute approximate surface area is 158 Å². The maximum atomic E-state index is 12.7. The SMILES string of the molecule is C=CCN1C(=O)C(=Cc2cc3c4c(c2)CCCN4CCC3)C(=O)NC1=S. The highest BCUT2D eigenvalue weighted by Crippen LogP contribution is 2.36. The summed E-state index contributed by atoms with van der Waals surface area (Å²) in [5.41, 5.74) is 5.05. The fraction of sp³-hybridized carbons (Fsp3) is 0.350. The van der Waals surface area contributed by atoms with Crippen LogP contribution in [0.1, 0.15) is 29.5 Å². The van der Waals surface area contributed by atoms with Gasteiger partial charge < -0.3 is 4.90 Å². The lowest BCUT2D eigenvalue weighted by atomic mass is 9.89. The number of carbonyl (C=O) groups excluding carboxylic acids is 2. The highest BCUT2D eigenvalue weighted by atomic mass is 32.1. The molecule has 134 valence electrons. The molecule has 1 aromatic carbocycles. The molecular weight excluding hydrogens is 346 g/mol. The van der Waals surface area contributed by atoms with E-state index >= 15 is 0 Å². The Balaban J connectivity index is 1.74. The minimum Gasteiger partial charge on any atom is -0.371 e. The predicted molar refractivity (Wildman–Crippen MR) is 106 cm³/mol. The maximum absolute atomic E-state index is 12.7. The van der Waals surface area contributed by atoms with Crippen LogP contribution >= 0.6 is 12.2 Å². The van der Waals surface area contributed by atoms with E-state index < -0.39 is 5.91 Å². The molecule has 3 aliphatic rings. The van der Waals surface area contributed by atoms with Gasteiger partial charge in [-0.2, -0.15) is 0 Å². The second-order valence-corrected chi connectivity index (χ2v) is 7.29. The summed E-state index contributed by atoms with van der Waals surface area (Å²) in [6.45, 7) is 6.16. The summed E-state index contributed by atoms with van der Waals surface area (Å²) in [5, 5.41) is 2.73. The van der Waals surface area contributed by atoms with E-state index in [9.17, 15) is 9.59 Å². The number of benzene rings is 1. The Morgan fingerprint density at radius 2 is 1.81 bits per heavy atom. The Morgan fingerprint density at radius 1 is 1.15 bits per heavy atom. The van der Waals surface area contributed by atoms with Crippen LogP contribution in [0.2, 0.25) is 0 Å². The van der Waals surface area contributed by atoms with E-state index in [2.05, 4.69) is 28.9 Å². The van der Waals surface area contributed by atoms with Gasteiger partial charge in [0.1, 0.15) is 5.57 Å². The fourth-order valence-corrected chi connectivity index (χ4v) is 4.32. The number of rotatable bonds is 3. The summed E-state index contributed by atoms with van der Waals surface area (Å²) in [4.78, 5) is 28.9. The van der Waals surface area contributed by atoms with Gasteiger partial charge in [0.15, 0.2) is 5.11 Å². The molecule has 0 unspecified atom stereocenters. The van der Waals surface area contributed by atoms with Crippen molar-refractivity contribution in [3.05, 3.63) is 47.1 Å². The summed E-state index contributed by atoms with van der Waals surface area (Å²) in [7, 11) is 0. The fourth-order valence-electron chi connectivity index (χ4n) is 4.07. The van der Waals surface area contributed by atoms with E-state index in [1.54, 1.807) is 12.2 Å². The Morgan fingerprint density at radius 3 is 2.42 bits per heavy atom. The Bertz CT molecular complexity index is 828. The Hall–Kier alpha value is -2.47. The van der Waals surface area contributed by atoms with Crippen LogP contribution in [0.15, 0.2) is 30.4 Å². The Kier molecular flexibility index (Phi) is 4.36. The molecule has 0 aliphatic carbocycles. The first-order valence-corrected chi connectivity index (χ1v) is 9.40.